The van der Waals surface area contributed by atoms with Gasteiger partial charge in [0.05, 0.1) is 106 Å². The first-order valence-corrected chi connectivity index (χ1v) is 44.1. The van der Waals surface area contributed by atoms with E-state index in [-0.39, 0.29) is 44.2 Å². The average Bonchev–Trinajstić information content (AvgIpc) is 1.58. The number of pyridine rings is 2. The third kappa shape index (κ3) is 20.1. The second-order valence-electron chi connectivity index (χ2n) is 33.1. The summed E-state index contributed by atoms with van der Waals surface area (Å²) in [4.78, 5) is 33.0. The number of aryl methyl sites for hydroxylation is 6. The van der Waals surface area contributed by atoms with Crippen LogP contribution in [0.3, 0.4) is 0 Å². The van der Waals surface area contributed by atoms with Crippen molar-refractivity contribution in [3.05, 3.63) is 268 Å². The summed E-state index contributed by atoms with van der Waals surface area (Å²) >= 11 is 22.9. The van der Waals surface area contributed by atoms with Crippen molar-refractivity contribution >= 4 is 120 Å². The fourth-order valence-electron chi connectivity index (χ4n) is 16.4. The Kier molecular flexibility index (Phi) is 29.9. The lowest BCUT2D eigenvalue weighted by Crippen LogP contribution is -2.41. The zero-order valence-electron chi connectivity index (χ0n) is 72.4. The Hall–Kier alpha value is -9.97. The lowest BCUT2D eigenvalue weighted by molar-refractivity contribution is -0.138. The van der Waals surface area contributed by atoms with Crippen LogP contribution in [-0.4, -0.2) is 109 Å². The second kappa shape index (κ2) is 39.6. The summed E-state index contributed by atoms with van der Waals surface area (Å²) in [5.41, 5.74) is 23.0. The van der Waals surface area contributed by atoms with Crippen LogP contribution in [0.15, 0.2) is 169 Å². The number of H-pyrrole nitrogens is 3. The van der Waals surface area contributed by atoms with Crippen LogP contribution in [0.1, 0.15) is 176 Å². The molecule has 670 valence electrons. The van der Waals surface area contributed by atoms with Crippen molar-refractivity contribution in [3.63, 3.8) is 0 Å². The molecule has 0 unspecified atom stereocenters. The van der Waals surface area contributed by atoms with Crippen LogP contribution in [0.2, 0.25) is 15.1 Å². The first kappa shape index (κ1) is 96.1. The Morgan fingerprint density at radius 1 is 0.520 bits per heavy atom. The van der Waals surface area contributed by atoms with Crippen LogP contribution in [-0.2, 0) is 104 Å². The van der Waals surface area contributed by atoms with Crippen molar-refractivity contribution < 1.29 is 49.6 Å². The summed E-state index contributed by atoms with van der Waals surface area (Å²) in [7, 11) is -0.361. The number of anilines is 1. The highest BCUT2D eigenvalue weighted by atomic mass is 79.9. The first-order valence-electron chi connectivity index (χ1n) is 42.2. The highest BCUT2D eigenvalue weighted by Gasteiger charge is 2.52. The summed E-state index contributed by atoms with van der Waals surface area (Å²) in [5.74, 6) is -0.406. The predicted molar refractivity (Wildman–Crippen MR) is 501 cm³/mol. The fraction of sp³-hybridized carbons (Fsp3) is 0.354. The number of aromatic amines is 3. The van der Waals surface area contributed by atoms with E-state index in [0.717, 1.165) is 170 Å². The molecule has 0 spiro atoms. The molecule has 6 aromatic carbocycles. The van der Waals surface area contributed by atoms with E-state index in [4.69, 9.17) is 64.1 Å². The molecule has 1 fully saturated rings. The van der Waals surface area contributed by atoms with Gasteiger partial charge in [0.1, 0.15) is 16.0 Å². The molecule has 18 nitrogen and oxygen atoms in total. The minimum absolute atomic E-state index is 0. The number of ether oxygens (including phenoxy) is 1. The molecule has 1 amide bonds. The maximum atomic E-state index is 13.1. The number of aromatic nitrogens is 11. The summed E-state index contributed by atoms with van der Waals surface area (Å²) < 4.78 is 112. The standard InChI is InChI=1S/C30H27ClF3N5.C24H25ClN4.C21H28BrN3O2.C14H17BClNO2.C6H3F4N.CH4.ClH/c1-3-18-6-5-7-19(4-2)28(18)39-29(22-9-10-24(31)27-21(22)12-14-35-27)23-17-38(15-13-25(23)37-39)26-11-8-20(16-36-26)30(32,33)34;1-3-15-6-5-7-16(4-2)23(15)29-24(19-14-26-12-11-21(19)28-29)18-8-9-20(25)22-17(18)10-13-27-22;1-6-14-9-8-10-15(7-2)18(14)25-19(22)16-13-24(12-11-17(16)23-25)20(26)27-21(3,4)5;1-13(2)14(3,4)19-15(18-13)10-5-6-11(16)12-9(10)7-8-17-12;7-5-2-1-4(3-11-5)6(8,9)10;;/h5-12,14,16,35H,3-4,13,15,17H2,1-2H3;5-10,13,26-27H,3-4,11-12,14H2,1-2H3;8-10H,6-7,11-13H2,1-5H3;5-8,17H,1-4H3;1-3H;1H4;1H. The van der Waals surface area contributed by atoms with Gasteiger partial charge in [-0.05, 0) is 202 Å². The molecule has 4 aliphatic rings. The number of nitrogens with zero attached hydrogens (tertiary/aromatic N) is 10. The molecule has 8 aromatic heterocycles. The van der Waals surface area contributed by atoms with Crippen LogP contribution >= 0.6 is 63.1 Å². The van der Waals surface area contributed by atoms with Crippen molar-refractivity contribution in [3.8, 4) is 39.6 Å². The maximum absolute atomic E-state index is 13.1. The highest BCUT2D eigenvalue weighted by molar-refractivity contribution is 9.10. The van der Waals surface area contributed by atoms with Crippen LogP contribution < -0.4 is 15.7 Å². The zero-order chi connectivity index (χ0) is 89.4. The van der Waals surface area contributed by atoms with Gasteiger partial charge in [0.2, 0.25) is 5.95 Å². The minimum Gasteiger partial charge on any atom is -0.444 e. The first-order chi connectivity index (χ1) is 59.6. The van der Waals surface area contributed by atoms with Gasteiger partial charge in [0.25, 0.3) is 0 Å². The second-order valence-corrected chi connectivity index (χ2v) is 35.1. The van der Waals surface area contributed by atoms with Crippen LogP contribution in [0.5, 0.6) is 0 Å². The molecular weight excluding hydrogens is 1780 g/mol. The Labute approximate surface area is 765 Å². The van der Waals surface area contributed by atoms with Gasteiger partial charge in [-0.1, -0.05) is 157 Å². The van der Waals surface area contributed by atoms with Crippen molar-refractivity contribution in [1.29, 1.82) is 0 Å². The topological polar surface area (TPSA) is 190 Å². The molecule has 0 bridgehead atoms. The third-order valence-electron chi connectivity index (χ3n) is 23.6. The smallest absolute Gasteiger partial charge is 0.444 e. The number of amides is 1. The summed E-state index contributed by atoms with van der Waals surface area (Å²) in [6.07, 6.45) is 5.85. The average molecular weight is 1880 g/mol. The molecule has 0 atom stereocenters. The van der Waals surface area contributed by atoms with Gasteiger partial charge < -0.3 is 44.1 Å². The summed E-state index contributed by atoms with van der Waals surface area (Å²) in [5, 5.41) is 24.0. The molecule has 127 heavy (non-hydrogen) atoms. The Morgan fingerprint density at radius 3 is 1.39 bits per heavy atom. The number of nitrogens with one attached hydrogen (secondary N) is 4. The third-order valence-corrected chi connectivity index (χ3v) is 25.4. The largest absolute Gasteiger partial charge is 0.495 e. The van der Waals surface area contributed by atoms with Crippen molar-refractivity contribution in [2.45, 2.75) is 204 Å². The SMILES string of the molecule is C.CC1(C)OB(c2ccc(Cl)c3[nH]ccc23)OC1(C)C.CCc1cccc(CC)c1-n1nc2c(c1-c1ccc(Cl)c3[nH]ccc13)CN(c1ccc(C(F)(F)F)cn1)CC2.CCc1cccc(CC)c1-n1nc2c(c1-c1ccc(Cl)c3[nH]ccc13)CNCC2.CCc1cccc(CC)c1-n1nc2c(c1Br)CN(C(=O)OC(C)(C)C)CC2.Cl.Fc1ccc(C(F)(F)F)cn1. The van der Waals surface area contributed by atoms with Gasteiger partial charge in [-0.25, -0.2) is 28.8 Å². The lowest BCUT2D eigenvalue weighted by atomic mass is 9.77. The molecule has 4 N–H and O–H groups in total. The number of carbonyl (C=O) groups excluding carboxylic acids is 1. The number of para-hydroxylation sites is 3. The van der Waals surface area contributed by atoms with Crippen molar-refractivity contribution in [1.82, 2.24) is 64.5 Å². The molecule has 1 saturated heterocycles. The molecule has 18 rings (SSSR count). The van der Waals surface area contributed by atoms with Gasteiger partial charge in [-0.3, -0.25) is 0 Å². The zero-order valence-corrected chi connectivity index (χ0v) is 77.1. The highest BCUT2D eigenvalue weighted by Crippen LogP contribution is 2.45. The molecule has 0 aliphatic carbocycles. The lowest BCUT2D eigenvalue weighted by Gasteiger charge is -2.32. The van der Waals surface area contributed by atoms with Gasteiger partial charge in [-0.15, -0.1) is 12.4 Å². The summed E-state index contributed by atoms with van der Waals surface area (Å²) in [6.45, 7) is 31.0. The van der Waals surface area contributed by atoms with Crippen LogP contribution in [0.25, 0.3) is 72.3 Å². The van der Waals surface area contributed by atoms with Gasteiger partial charge in [-0.2, -0.15) is 46.0 Å². The van der Waals surface area contributed by atoms with Gasteiger partial charge in [0, 0.05) is 127 Å². The van der Waals surface area contributed by atoms with E-state index in [9.17, 15) is 35.5 Å². The number of fused-ring (bicyclic) bond motifs is 6. The van der Waals surface area contributed by atoms with E-state index >= 15 is 0 Å². The van der Waals surface area contributed by atoms with E-state index in [1.165, 1.54) is 67.6 Å². The molecule has 0 saturated carbocycles. The number of alkyl halides is 6. The number of hydrogen-bond donors (Lipinski definition) is 4. The van der Waals surface area contributed by atoms with Crippen LogP contribution in [0.4, 0.5) is 41.3 Å². The molecule has 31 heteroatoms. The number of carbonyl (C=O) groups is 1. The number of hydrogen-bond acceptors (Lipinski definition) is 11. The minimum atomic E-state index is -4.44. The number of benzene rings is 6. The van der Waals surface area contributed by atoms with E-state index in [1.54, 1.807) is 4.90 Å². The Bertz CT molecular complexity index is 6170. The van der Waals surface area contributed by atoms with E-state index in [0.29, 0.717) is 66.8 Å². The summed E-state index contributed by atoms with van der Waals surface area (Å²) in [6, 6.07) is 41.3. The molecule has 0 radical (unpaired) electrons. The Balaban J connectivity index is 0.000000150. The van der Waals surface area contributed by atoms with E-state index < -0.39 is 35.0 Å². The van der Waals surface area contributed by atoms with Crippen molar-refractivity contribution in [2.24, 2.45) is 0 Å². The van der Waals surface area contributed by atoms with Crippen LogP contribution in [0, 0.1) is 5.95 Å². The fourth-order valence-corrected chi connectivity index (χ4v) is 17.7. The normalized spacial score (nSPS) is 14.6. The van der Waals surface area contributed by atoms with E-state index in [2.05, 4.69) is 191 Å². The molecular formula is C96H105BBrCl4F7N14O4. The quantitative estimate of drug-likeness (QED) is 0.0488. The number of halogens is 12. The Morgan fingerprint density at radius 2 is 0.937 bits per heavy atom. The van der Waals surface area contributed by atoms with Gasteiger partial charge in [0.15, 0.2) is 0 Å². The molecule has 4 aliphatic heterocycles. The molecule has 12 heterocycles. The number of rotatable bonds is 13. The predicted octanol–water partition coefficient (Wildman–Crippen LogP) is 24.7. The van der Waals surface area contributed by atoms with Crippen molar-refractivity contribution in [2.75, 3.05) is 24.5 Å². The maximum Gasteiger partial charge on any atom is 0.495 e. The van der Waals surface area contributed by atoms with E-state index in [1.807, 2.05) is 91.4 Å². The monoisotopic (exact) mass is 1880 g/mol. The van der Waals surface area contributed by atoms with Gasteiger partial charge >= 0.3 is 25.6 Å². The molecule has 14 aromatic rings.